The summed E-state index contributed by atoms with van der Waals surface area (Å²) in [4.78, 5) is 4.63. The number of hydrogen-bond donors (Lipinski definition) is 2. The minimum absolute atomic E-state index is 0.637. The van der Waals surface area contributed by atoms with Crippen molar-refractivity contribution in [2.75, 3.05) is 60.8 Å². The molecule has 0 aliphatic rings. The molecular weight excluding hydrogens is 346 g/mol. The molecule has 0 heterocycles. The number of ether oxygens (including phenoxy) is 4. The molecule has 7 heteroatoms. The Hall–Kier alpha value is -1.99. The Balaban J connectivity index is 2.32. The maximum Gasteiger partial charge on any atom is 0.191 e. The molecule has 0 fully saturated rings. The first-order chi connectivity index (χ1) is 13.2. The van der Waals surface area contributed by atoms with Crippen LogP contribution in [-0.2, 0) is 15.9 Å². The van der Waals surface area contributed by atoms with Crippen molar-refractivity contribution in [3.8, 4) is 11.5 Å². The Bertz CT molecular complexity index is 538. The summed E-state index contributed by atoms with van der Waals surface area (Å²) in [7, 11) is 4.98. The molecule has 0 unspecified atom stereocenters. The van der Waals surface area contributed by atoms with Crippen molar-refractivity contribution in [3.63, 3.8) is 0 Å². The molecule has 0 saturated carbocycles. The molecule has 1 aromatic carbocycles. The first-order valence-corrected chi connectivity index (χ1v) is 9.54. The van der Waals surface area contributed by atoms with Crippen LogP contribution in [0.15, 0.2) is 23.2 Å². The van der Waals surface area contributed by atoms with Crippen LogP contribution in [0.1, 0.15) is 25.3 Å². The molecule has 0 atom stereocenters. The number of aryl methyl sites for hydroxylation is 1. The number of aliphatic imine (C=N–C) groups is 1. The normalized spacial score (nSPS) is 11.3. The zero-order valence-electron chi connectivity index (χ0n) is 17.2. The number of nitrogens with zero attached hydrogens (tertiary/aromatic N) is 1. The first-order valence-electron chi connectivity index (χ1n) is 9.54. The van der Waals surface area contributed by atoms with Gasteiger partial charge >= 0.3 is 0 Å². The second-order valence-electron chi connectivity index (χ2n) is 5.94. The Morgan fingerprint density at radius 2 is 1.78 bits per heavy atom. The van der Waals surface area contributed by atoms with Gasteiger partial charge in [-0.05, 0) is 43.9 Å². The van der Waals surface area contributed by atoms with Gasteiger partial charge in [-0.3, -0.25) is 4.99 Å². The van der Waals surface area contributed by atoms with Gasteiger partial charge in [-0.2, -0.15) is 0 Å². The summed E-state index contributed by atoms with van der Waals surface area (Å²) in [6.07, 6.45) is 2.84. The Morgan fingerprint density at radius 3 is 2.48 bits per heavy atom. The SMILES string of the molecule is CCNC(=NCCCc1ccc(OC)c(OC)c1)NCCCOCCOC. The highest BCUT2D eigenvalue weighted by molar-refractivity contribution is 5.79. The molecule has 0 saturated heterocycles. The van der Waals surface area contributed by atoms with Crippen LogP contribution < -0.4 is 20.1 Å². The predicted molar refractivity (Wildman–Crippen MR) is 109 cm³/mol. The molecule has 0 bridgehead atoms. The lowest BCUT2D eigenvalue weighted by Gasteiger charge is -2.12. The second-order valence-corrected chi connectivity index (χ2v) is 5.94. The van der Waals surface area contributed by atoms with Crippen molar-refractivity contribution < 1.29 is 18.9 Å². The van der Waals surface area contributed by atoms with E-state index >= 15 is 0 Å². The maximum atomic E-state index is 5.45. The van der Waals surface area contributed by atoms with E-state index in [0.29, 0.717) is 13.2 Å². The zero-order chi connectivity index (χ0) is 19.7. The Labute approximate surface area is 163 Å². The van der Waals surface area contributed by atoms with Gasteiger partial charge < -0.3 is 29.6 Å². The van der Waals surface area contributed by atoms with Crippen molar-refractivity contribution >= 4 is 5.96 Å². The molecule has 1 aromatic rings. The summed E-state index contributed by atoms with van der Waals surface area (Å²) in [5.41, 5.74) is 1.22. The fraction of sp³-hybridized carbons (Fsp3) is 0.650. The van der Waals surface area contributed by atoms with Gasteiger partial charge in [0.15, 0.2) is 17.5 Å². The van der Waals surface area contributed by atoms with E-state index in [2.05, 4.69) is 28.6 Å². The van der Waals surface area contributed by atoms with Crippen LogP contribution in [0.4, 0.5) is 0 Å². The topological polar surface area (TPSA) is 73.3 Å². The van der Waals surface area contributed by atoms with Gasteiger partial charge in [0.2, 0.25) is 0 Å². The van der Waals surface area contributed by atoms with E-state index in [1.54, 1.807) is 21.3 Å². The largest absolute Gasteiger partial charge is 0.493 e. The van der Waals surface area contributed by atoms with E-state index < -0.39 is 0 Å². The maximum absolute atomic E-state index is 5.45. The molecule has 154 valence electrons. The summed E-state index contributed by atoms with van der Waals surface area (Å²) in [5.74, 6) is 2.37. The van der Waals surface area contributed by atoms with Crippen LogP contribution >= 0.6 is 0 Å². The predicted octanol–water partition coefficient (Wildman–Crippen LogP) is 2.24. The molecule has 27 heavy (non-hydrogen) atoms. The van der Waals surface area contributed by atoms with E-state index in [1.165, 1.54) is 5.56 Å². The lowest BCUT2D eigenvalue weighted by atomic mass is 10.1. The molecule has 0 radical (unpaired) electrons. The zero-order valence-corrected chi connectivity index (χ0v) is 17.2. The highest BCUT2D eigenvalue weighted by Gasteiger charge is 2.04. The van der Waals surface area contributed by atoms with Crippen LogP contribution in [0.3, 0.4) is 0 Å². The number of rotatable bonds is 14. The van der Waals surface area contributed by atoms with Crippen LogP contribution in [-0.4, -0.2) is 66.7 Å². The number of nitrogens with one attached hydrogen (secondary N) is 2. The lowest BCUT2D eigenvalue weighted by molar-refractivity contribution is 0.0698. The van der Waals surface area contributed by atoms with E-state index in [1.807, 2.05) is 12.1 Å². The van der Waals surface area contributed by atoms with Gasteiger partial charge in [0.25, 0.3) is 0 Å². The third kappa shape index (κ3) is 10.1. The average Bonchev–Trinajstić information content (AvgIpc) is 2.70. The summed E-state index contributed by atoms with van der Waals surface area (Å²) in [6.45, 7) is 6.48. The van der Waals surface area contributed by atoms with Gasteiger partial charge in [0.1, 0.15) is 0 Å². The summed E-state index contributed by atoms with van der Waals surface area (Å²) >= 11 is 0. The molecule has 0 aliphatic heterocycles. The molecule has 7 nitrogen and oxygen atoms in total. The number of guanidine groups is 1. The Kier molecular flexibility index (Phi) is 12.9. The fourth-order valence-corrected chi connectivity index (χ4v) is 2.48. The number of methoxy groups -OCH3 is 3. The summed E-state index contributed by atoms with van der Waals surface area (Å²) < 4.78 is 21.0. The molecule has 0 aromatic heterocycles. The smallest absolute Gasteiger partial charge is 0.191 e. The van der Waals surface area contributed by atoms with Crippen LogP contribution in [0.25, 0.3) is 0 Å². The van der Waals surface area contributed by atoms with Crippen molar-refractivity contribution in [2.45, 2.75) is 26.2 Å². The first kappa shape index (κ1) is 23.0. The minimum atomic E-state index is 0.637. The lowest BCUT2D eigenvalue weighted by Crippen LogP contribution is -2.38. The summed E-state index contributed by atoms with van der Waals surface area (Å²) in [6, 6.07) is 6.03. The van der Waals surface area contributed by atoms with Crippen molar-refractivity contribution in [1.82, 2.24) is 10.6 Å². The average molecular weight is 382 g/mol. The summed E-state index contributed by atoms with van der Waals surface area (Å²) in [5, 5.41) is 6.60. The highest BCUT2D eigenvalue weighted by atomic mass is 16.5. The van der Waals surface area contributed by atoms with E-state index in [0.717, 1.165) is 63.0 Å². The van der Waals surface area contributed by atoms with Gasteiger partial charge in [0.05, 0.1) is 27.4 Å². The van der Waals surface area contributed by atoms with E-state index in [-0.39, 0.29) is 0 Å². The third-order valence-electron chi connectivity index (χ3n) is 3.88. The van der Waals surface area contributed by atoms with Crippen molar-refractivity contribution in [2.24, 2.45) is 4.99 Å². The standard InChI is InChI=1S/C20H35N3O4/c1-5-21-20(23-12-7-13-27-15-14-24-2)22-11-6-8-17-9-10-18(25-3)19(16-17)26-4/h9-10,16H,5-8,11-15H2,1-4H3,(H2,21,22,23). The van der Waals surface area contributed by atoms with Gasteiger partial charge in [-0.15, -0.1) is 0 Å². The Morgan fingerprint density at radius 1 is 0.963 bits per heavy atom. The van der Waals surface area contributed by atoms with Crippen molar-refractivity contribution in [3.05, 3.63) is 23.8 Å². The van der Waals surface area contributed by atoms with Crippen LogP contribution in [0.5, 0.6) is 11.5 Å². The van der Waals surface area contributed by atoms with E-state index in [9.17, 15) is 0 Å². The van der Waals surface area contributed by atoms with Crippen LogP contribution in [0, 0.1) is 0 Å². The molecule has 0 spiro atoms. The highest BCUT2D eigenvalue weighted by Crippen LogP contribution is 2.27. The van der Waals surface area contributed by atoms with Crippen molar-refractivity contribution in [1.29, 1.82) is 0 Å². The second kappa shape index (κ2) is 15.1. The van der Waals surface area contributed by atoms with Gasteiger partial charge in [-0.25, -0.2) is 0 Å². The van der Waals surface area contributed by atoms with Gasteiger partial charge in [-0.1, -0.05) is 6.07 Å². The molecule has 0 amide bonds. The molecule has 0 aliphatic carbocycles. The number of benzene rings is 1. The van der Waals surface area contributed by atoms with Crippen LogP contribution in [0.2, 0.25) is 0 Å². The number of hydrogen-bond acceptors (Lipinski definition) is 5. The monoisotopic (exact) mass is 381 g/mol. The van der Waals surface area contributed by atoms with E-state index in [4.69, 9.17) is 18.9 Å². The minimum Gasteiger partial charge on any atom is -0.493 e. The molecular formula is C20H35N3O4. The quantitative estimate of drug-likeness (QED) is 0.293. The third-order valence-corrected chi connectivity index (χ3v) is 3.88. The molecule has 2 N–H and O–H groups in total. The fourth-order valence-electron chi connectivity index (χ4n) is 2.48. The molecule has 1 rings (SSSR count). The van der Waals surface area contributed by atoms with Gasteiger partial charge in [0, 0.05) is 33.4 Å².